The van der Waals surface area contributed by atoms with E-state index in [0.717, 1.165) is 62.0 Å². The highest BCUT2D eigenvalue weighted by Gasteiger charge is 2.04. The molecule has 0 unspecified atom stereocenters. The van der Waals surface area contributed by atoms with Crippen molar-refractivity contribution in [3.8, 4) is 0 Å². The van der Waals surface area contributed by atoms with Gasteiger partial charge in [-0.1, -0.05) is 13.8 Å². The van der Waals surface area contributed by atoms with Gasteiger partial charge in [-0.3, -0.25) is 0 Å². The number of aryl methyl sites for hydroxylation is 1. The molecule has 21 heavy (non-hydrogen) atoms. The molecule has 0 aliphatic heterocycles. The van der Waals surface area contributed by atoms with E-state index >= 15 is 0 Å². The third kappa shape index (κ3) is 5.10. The Morgan fingerprint density at radius 1 is 1.00 bits per heavy atom. The molecule has 5 nitrogen and oxygen atoms in total. The summed E-state index contributed by atoms with van der Waals surface area (Å²) >= 11 is 0. The lowest BCUT2D eigenvalue weighted by molar-refractivity contribution is 0.513. The van der Waals surface area contributed by atoms with Crippen LogP contribution in [0.5, 0.6) is 0 Å². The zero-order valence-corrected chi connectivity index (χ0v) is 12.9. The predicted molar refractivity (Wildman–Crippen MR) is 85.7 cm³/mol. The molecule has 0 amide bonds. The molecule has 0 bridgehead atoms. The highest BCUT2D eigenvalue weighted by molar-refractivity contribution is 5.47. The van der Waals surface area contributed by atoms with Crippen LogP contribution in [0.3, 0.4) is 0 Å². The molecule has 2 aromatic rings. The van der Waals surface area contributed by atoms with E-state index < -0.39 is 0 Å². The summed E-state index contributed by atoms with van der Waals surface area (Å²) in [6.07, 6.45) is 5.57. The van der Waals surface area contributed by atoms with Crippen LogP contribution in [-0.2, 0) is 12.8 Å². The molecule has 2 N–H and O–H groups in total. The third-order valence-electron chi connectivity index (χ3n) is 3.06. The van der Waals surface area contributed by atoms with Gasteiger partial charge >= 0.3 is 0 Å². The lowest BCUT2D eigenvalue weighted by atomic mass is 10.3. The second-order valence-corrected chi connectivity index (χ2v) is 4.99. The molecule has 0 fully saturated rings. The van der Waals surface area contributed by atoms with Gasteiger partial charge in [0.2, 0.25) is 0 Å². The molecule has 0 aromatic carbocycles. The zero-order chi connectivity index (χ0) is 14.9. The van der Waals surface area contributed by atoms with Crippen molar-refractivity contribution in [1.82, 2.24) is 9.97 Å². The van der Waals surface area contributed by atoms with Crippen molar-refractivity contribution in [3.63, 3.8) is 0 Å². The average Bonchev–Trinajstić information content (AvgIpc) is 2.99. The summed E-state index contributed by atoms with van der Waals surface area (Å²) in [4.78, 5) is 9.10. The number of hydrogen-bond acceptors (Lipinski definition) is 5. The molecule has 0 saturated carbocycles. The molecule has 0 spiro atoms. The molecule has 2 aromatic heterocycles. The Morgan fingerprint density at radius 2 is 1.76 bits per heavy atom. The Morgan fingerprint density at radius 3 is 2.38 bits per heavy atom. The van der Waals surface area contributed by atoms with Gasteiger partial charge in [-0.25, -0.2) is 9.97 Å². The van der Waals surface area contributed by atoms with Crippen LogP contribution >= 0.6 is 0 Å². The van der Waals surface area contributed by atoms with Crippen LogP contribution in [0, 0.1) is 0 Å². The number of nitrogens with one attached hydrogen (secondary N) is 2. The van der Waals surface area contributed by atoms with Crippen molar-refractivity contribution in [2.24, 2.45) is 0 Å². The van der Waals surface area contributed by atoms with E-state index in [2.05, 4.69) is 34.4 Å². The first-order chi connectivity index (χ1) is 10.3. The third-order valence-corrected chi connectivity index (χ3v) is 3.06. The average molecular weight is 288 g/mol. The molecule has 114 valence electrons. The molecule has 2 heterocycles. The van der Waals surface area contributed by atoms with Gasteiger partial charge in [-0.15, -0.1) is 0 Å². The Balaban J connectivity index is 1.97. The molecule has 0 atom stereocenters. The standard InChI is InChI=1S/C16H24N4O/c1-3-6-14-19-15(17-9-4-2)12-16(20-14)18-10-8-13-7-5-11-21-13/h5,7,11-12H,3-4,6,8-10H2,1-2H3,(H2,17,18,19,20). The van der Waals surface area contributed by atoms with E-state index in [1.54, 1.807) is 6.26 Å². The maximum Gasteiger partial charge on any atom is 0.133 e. The predicted octanol–water partition coefficient (Wildman–Crippen LogP) is 3.50. The summed E-state index contributed by atoms with van der Waals surface area (Å²) in [6.45, 7) is 6.00. The van der Waals surface area contributed by atoms with Crippen LogP contribution < -0.4 is 10.6 Å². The van der Waals surface area contributed by atoms with Crippen molar-refractivity contribution >= 4 is 11.6 Å². The number of hydrogen-bond donors (Lipinski definition) is 2. The first-order valence-corrected chi connectivity index (χ1v) is 7.70. The van der Waals surface area contributed by atoms with Crippen molar-refractivity contribution < 1.29 is 4.42 Å². The second-order valence-electron chi connectivity index (χ2n) is 4.99. The van der Waals surface area contributed by atoms with Crippen molar-refractivity contribution in [2.45, 2.75) is 39.5 Å². The van der Waals surface area contributed by atoms with Gasteiger partial charge in [0.15, 0.2) is 0 Å². The van der Waals surface area contributed by atoms with Gasteiger partial charge in [0.05, 0.1) is 6.26 Å². The summed E-state index contributed by atoms with van der Waals surface area (Å²) < 4.78 is 5.33. The van der Waals surface area contributed by atoms with Gasteiger partial charge in [0.25, 0.3) is 0 Å². The number of rotatable bonds is 9. The molecule has 2 rings (SSSR count). The lowest BCUT2D eigenvalue weighted by Crippen LogP contribution is -2.10. The number of aromatic nitrogens is 2. The van der Waals surface area contributed by atoms with E-state index in [1.165, 1.54) is 0 Å². The van der Waals surface area contributed by atoms with E-state index in [1.807, 2.05) is 18.2 Å². The van der Waals surface area contributed by atoms with Crippen molar-refractivity contribution in [2.75, 3.05) is 23.7 Å². The molecular formula is C16H24N4O. The highest BCUT2D eigenvalue weighted by Crippen LogP contribution is 2.13. The fourth-order valence-electron chi connectivity index (χ4n) is 2.04. The topological polar surface area (TPSA) is 63.0 Å². The number of nitrogens with zero attached hydrogens (tertiary/aromatic N) is 2. The highest BCUT2D eigenvalue weighted by atomic mass is 16.3. The summed E-state index contributed by atoms with van der Waals surface area (Å²) in [6, 6.07) is 5.86. The van der Waals surface area contributed by atoms with Crippen LogP contribution in [0.1, 0.15) is 38.3 Å². The quantitative estimate of drug-likeness (QED) is 0.739. The maximum atomic E-state index is 5.33. The Kier molecular flexibility index (Phi) is 6.06. The maximum absolute atomic E-state index is 5.33. The molecular weight excluding hydrogens is 264 g/mol. The number of anilines is 2. The molecule has 0 saturated heterocycles. The minimum absolute atomic E-state index is 0.795. The lowest BCUT2D eigenvalue weighted by Gasteiger charge is -2.10. The van der Waals surface area contributed by atoms with Crippen LogP contribution in [0.15, 0.2) is 28.9 Å². The SMILES string of the molecule is CCCNc1cc(NCCc2ccco2)nc(CCC)n1. The zero-order valence-electron chi connectivity index (χ0n) is 12.9. The van der Waals surface area contributed by atoms with E-state index in [-0.39, 0.29) is 0 Å². The smallest absolute Gasteiger partial charge is 0.133 e. The summed E-state index contributed by atoms with van der Waals surface area (Å²) in [5.41, 5.74) is 0. The molecule has 5 heteroatoms. The van der Waals surface area contributed by atoms with Gasteiger partial charge < -0.3 is 15.1 Å². The Hall–Kier alpha value is -2.04. The van der Waals surface area contributed by atoms with Gasteiger partial charge in [0, 0.05) is 32.0 Å². The summed E-state index contributed by atoms with van der Waals surface area (Å²) in [5, 5.41) is 6.68. The van der Waals surface area contributed by atoms with E-state index in [0.29, 0.717) is 0 Å². The van der Waals surface area contributed by atoms with Gasteiger partial charge in [0.1, 0.15) is 23.2 Å². The summed E-state index contributed by atoms with van der Waals surface area (Å²) in [7, 11) is 0. The molecule has 0 aliphatic carbocycles. The molecule has 0 aliphatic rings. The monoisotopic (exact) mass is 288 g/mol. The minimum Gasteiger partial charge on any atom is -0.469 e. The van der Waals surface area contributed by atoms with Gasteiger partial charge in [-0.05, 0) is 25.0 Å². The van der Waals surface area contributed by atoms with Crippen molar-refractivity contribution in [3.05, 3.63) is 36.0 Å². The van der Waals surface area contributed by atoms with E-state index in [4.69, 9.17) is 4.42 Å². The van der Waals surface area contributed by atoms with Crippen molar-refractivity contribution in [1.29, 1.82) is 0 Å². The fourth-order valence-corrected chi connectivity index (χ4v) is 2.04. The van der Waals surface area contributed by atoms with Crippen LogP contribution in [-0.4, -0.2) is 23.1 Å². The second kappa shape index (κ2) is 8.29. The van der Waals surface area contributed by atoms with Crippen LogP contribution in [0.2, 0.25) is 0 Å². The van der Waals surface area contributed by atoms with Crippen LogP contribution in [0.4, 0.5) is 11.6 Å². The Labute approximate surface area is 126 Å². The Bertz CT molecular complexity index is 525. The summed E-state index contributed by atoms with van der Waals surface area (Å²) in [5.74, 6) is 3.64. The van der Waals surface area contributed by atoms with E-state index in [9.17, 15) is 0 Å². The van der Waals surface area contributed by atoms with Crippen LogP contribution in [0.25, 0.3) is 0 Å². The fraction of sp³-hybridized carbons (Fsp3) is 0.500. The first kappa shape index (κ1) is 15.4. The first-order valence-electron chi connectivity index (χ1n) is 7.70. The molecule has 0 radical (unpaired) electrons. The minimum atomic E-state index is 0.795. The van der Waals surface area contributed by atoms with Gasteiger partial charge in [-0.2, -0.15) is 0 Å². The number of furan rings is 1. The largest absolute Gasteiger partial charge is 0.469 e. The normalized spacial score (nSPS) is 10.6.